The van der Waals surface area contributed by atoms with Crippen molar-refractivity contribution < 1.29 is 14.3 Å². The molecule has 0 radical (unpaired) electrons. The Morgan fingerprint density at radius 2 is 2.32 bits per heavy atom. The maximum Gasteiger partial charge on any atom is 0.262 e. The van der Waals surface area contributed by atoms with Crippen LogP contribution in [0.4, 0.5) is 5.69 Å². The average Bonchev–Trinajstić information content (AvgIpc) is 2.90. The van der Waals surface area contributed by atoms with Crippen molar-refractivity contribution in [3.63, 3.8) is 0 Å². The van der Waals surface area contributed by atoms with E-state index >= 15 is 0 Å². The molecule has 0 fully saturated rings. The summed E-state index contributed by atoms with van der Waals surface area (Å²) in [4.78, 5) is 28.1. The van der Waals surface area contributed by atoms with Gasteiger partial charge in [-0.3, -0.25) is 9.59 Å². The van der Waals surface area contributed by atoms with Crippen molar-refractivity contribution in [1.82, 2.24) is 9.55 Å². The number of aryl methyl sites for hydroxylation is 1. The standard InChI is InChI=1S/C15H15N3O3S/c1-9(22-15-16-5-6-18(15)2)14(20)10-3-4-12-11(7-10)17-13(19)8-21-12/h3-7,9H,8H2,1-2H3,(H,17,19)/t9-/m1/s1. The second-order valence-electron chi connectivity index (χ2n) is 4.99. The van der Waals surface area contributed by atoms with E-state index < -0.39 is 0 Å². The zero-order valence-electron chi connectivity index (χ0n) is 12.2. The highest BCUT2D eigenvalue weighted by Gasteiger charge is 2.22. The van der Waals surface area contributed by atoms with Crippen LogP contribution in [-0.2, 0) is 11.8 Å². The van der Waals surface area contributed by atoms with Gasteiger partial charge in [0.25, 0.3) is 5.91 Å². The number of thioether (sulfide) groups is 1. The number of benzene rings is 1. The number of imidazole rings is 1. The Kier molecular flexibility index (Phi) is 3.89. The number of ether oxygens (including phenoxy) is 1. The molecule has 1 aliphatic heterocycles. The maximum atomic E-state index is 12.5. The summed E-state index contributed by atoms with van der Waals surface area (Å²) in [7, 11) is 1.89. The van der Waals surface area contributed by atoms with Crippen LogP contribution in [0.5, 0.6) is 5.75 Å². The zero-order valence-corrected chi connectivity index (χ0v) is 13.0. The molecule has 1 amide bonds. The van der Waals surface area contributed by atoms with Gasteiger partial charge < -0.3 is 14.6 Å². The fraction of sp³-hybridized carbons (Fsp3) is 0.267. The van der Waals surface area contributed by atoms with Crippen LogP contribution in [0.2, 0.25) is 0 Å². The molecule has 6 nitrogen and oxygen atoms in total. The van der Waals surface area contributed by atoms with Crippen molar-refractivity contribution in [2.24, 2.45) is 7.05 Å². The van der Waals surface area contributed by atoms with Crippen molar-refractivity contribution in [3.05, 3.63) is 36.2 Å². The number of hydrogen-bond acceptors (Lipinski definition) is 5. The van der Waals surface area contributed by atoms with Crippen molar-refractivity contribution in [3.8, 4) is 5.75 Å². The normalized spacial score (nSPS) is 14.7. The Bertz CT molecular complexity index is 741. The maximum absolute atomic E-state index is 12.5. The lowest BCUT2D eigenvalue weighted by Gasteiger charge is -2.19. The number of rotatable bonds is 4. The van der Waals surface area contributed by atoms with Crippen molar-refractivity contribution in [2.45, 2.75) is 17.3 Å². The first-order chi connectivity index (χ1) is 10.5. The van der Waals surface area contributed by atoms with Crippen LogP contribution >= 0.6 is 11.8 Å². The molecule has 3 rings (SSSR count). The van der Waals surface area contributed by atoms with E-state index in [4.69, 9.17) is 4.74 Å². The second kappa shape index (κ2) is 5.84. The predicted molar refractivity (Wildman–Crippen MR) is 83.4 cm³/mol. The number of aromatic nitrogens is 2. The number of carbonyl (C=O) groups excluding carboxylic acids is 2. The zero-order chi connectivity index (χ0) is 15.7. The summed E-state index contributed by atoms with van der Waals surface area (Å²) in [6.45, 7) is 1.85. The number of hydrogen-bond donors (Lipinski definition) is 1. The predicted octanol–water partition coefficient (Wildman–Crippen LogP) is 2.11. The average molecular weight is 317 g/mol. The molecular formula is C15H15N3O3S. The lowest BCUT2D eigenvalue weighted by Crippen LogP contribution is -2.25. The lowest BCUT2D eigenvalue weighted by molar-refractivity contribution is -0.118. The Morgan fingerprint density at radius 1 is 1.50 bits per heavy atom. The molecule has 1 aromatic carbocycles. The molecular weight excluding hydrogens is 302 g/mol. The third-order valence-corrected chi connectivity index (χ3v) is 4.50. The third-order valence-electron chi connectivity index (χ3n) is 3.33. The van der Waals surface area contributed by atoms with E-state index in [1.807, 2.05) is 24.7 Å². The summed E-state index contributed by atoms with van der Waals surface area (Å²) in [6, 6.07) is 5.08. The van der Waals surface area contributed by atoms with Gasteiger partial charge in [0.2, 0.25) is 0 Å². The molecule has 22 heavy (non-hydrogen) atoms. The number of carbonyl (C=O) groups is 2. The fourth-order valence-electron chi connectivity index (χ4n) is 2.15. The molecule has 0 spiro atoms. The topological polar surface area (TPSA) is 73.2 Å². The molecule has 0 saturated carbocycles. The Balaban J connectivity index is 1.78. The molecule has 2 heterocycles. The van der Waals surface area contributed by atoms with Crippen LogP contribution in [0, 0.1) is 0 Å². The summed E-state index contributed by atoms with van der Waals surface area (Å²) in [5.41, 5.74) is 1.08. The number of nitrogens with one attached hydrogen (secondary N) is 1. The van der Waals surface area contributed by atoms with Crippen LogP contribution in [0.15, 0.2) is 35.7 Å². The first-order valence-electron chi connectivity index (χ1n) is 6.79. The molecule has 7 heteroatoms. The van der Waals surface area contributed by atoms with E-state index in [9.17, 15) is 9.59 Å². The first kappa shape index (κ1) is 14.6. The van der Waals surface area contributed by atoms with Gasteiger partial charge in [0.15, 0.2) is 17.5 Å². The van der Waals surface area contributed by atoms with Crippen LogP contribution in [-0.4, -0.2) is 33.1 Å². The second-order valence-corrected chi connectivity index (χ2v) is 6.30. The first-order valence-corrected chi connectivity index (χ1v) is 7.67. The molecule has 0 unspecified atom stereocenters. The van der Waals surface area contributed by atoms with E-state index in [2.05, 4.69) is 10.3 Å². The van der Waals surface area contributed by atoms with Gasteiger partial charge in [-0.15, -0.1) is 0 Å². The van der Waals surface area contributed by atoms with Gasteiger partial charge in [-0.05, 0) is 25.1 Å². The van der Waals surface area contributed by atoms with Crippen LogP contribution in [0.3, 0.4) is 0 Å². The third kappa shape index (κ3) is 2.85. The monoisotopic (exact) mass is 317 g/mol. The highest BCUT2D eigenvalue weighted by atomic mass is 32.2. The van der Waals surface area contributed by atoms with E-state index in [-0.39, 0.29) is 23.5 Å². The molecule has 0 aliphatic carbocycles. The number of fused-ring (bicyclic) bond motifs is 1. The summed E-state index contributed by atoms with van der Waals surface area (Å²) in [6.07, 6.45) is 3.54. The van der Waals surface area contributed by atoms with Crippen molar-refractivity contribution in [1.29, 1.82) is 0 Å². The molecule has 114 valence electrons. The molecule has 0 bridgehead atoms. The van der Waals surface area contributed by atoms with Crippen LogP contribution in [0.1, 0.15) is 17.3 Å². The van der Waals surface area contributed by atoms with Crippen LogP contribution in [0.25, 0.3) is 0 Å². The number of amides is 1. The van der Waals surface area contributed by atoms with E-state index in [0.717, 1.165) is 5.16 Å². The molecule has 1 aromatic heterocycles. The van der Waals surface area contributed by atoms with Gasteiger partial charge in [-0.2, -0.15) is 0 Å². The summed E-state index contributed by atoms with van der Waals surface area (Å²) in [5, 5.41) is 3.22. The number of ketones is 1. The minimum atomic E-state index is -0.278. The largest absolute Gasteiger partial charge is 0.482 e. The molecule has 1 N–H and O–H groups in total. The molecule has 1 atom stereocenters. The van der Waals surface area contributed by atoms with Gasteiger partial charge >= 0.3 is 0 Å². The number of nitrogens with zero attached hydrogens (tertiary/aromatic N) is 2. The summed E-state index contributed by atoms with van der Waals surface area (Å²) >= 11 is 1.40. The molecule has 2 aromatic rings. The van der Waals surface area contributed by atoms with Crippen LogP contribution < -0.4 is 10.1 Å². The Hall–Kier alpha value is -2.28. The van der Waals surface area contributed by atoms with Gasteiger partial charge in [0.1, 0.15) is 5.75 Å². The number of anilines is 1. The Morgan fingerprint density at radius 3 is 3.05 bits per heavy atom. The highest BCUT2D eigenvalue weighted by Crippen LogP contribution is 2.30. The van der Waals surface area contributed by atoms with Crippen molar-refractivity contribution >= 4 is 29.1 Å². The quantitative estimate of drug-likeness (QED) is 0.690. The highest BCUT2D eigenvalue weighted by molar-refractivity contribution is 8.00. The van der Waals surface area contributed by atoms with Gasteiger partial charge in [0.05, 0.1) is 10.9 Å². The van der Waals surface area contributed by atoms with Gasteiger partial charge in [-0.1, -0.05) is 11.8 Å². The van der Waals surface area contributed by atoms with Gasteiger partial charge in [0, 0.05) is 25.0 Å². The molecule has 1 aliphatic rings. The SMILES string of the molecule is C[C@@H](Sc1nccn1C)C(=O)c1ccc2c(c1)NC(=O)CO2. The smallest absolute Gasteiger partial charge is 0.262 e. The number of Topliss-reactive ketones (excluding diaryl/α,β-unsaturated/α-hetero) is 1. The van der Waals surface area contributed by atoms with E-state index in [1.165, 1.54) is 11.8 Å². The lowest BCUT2D eigenvalue weighted by atomic mass is 10.1. The minimum Gasteiger partial charge on any atom is -0.482 e. The minimum absolute atomic E-state index is 0.00566. The molecule has 0 saturated heterocycles. The van der Waals surface area contributed by atoms with Gasteiger partial charge in [-0.25, -0.2) is 4.98 Å². The fourth-order valence-corrected chi connectivity index (χ4v) is 3.06. The van der Waals surface area contributed by atoms with E-state index in [0.29, 0.717) is 17.0 Å². The van der Waals surface area contributed by atoms with E-state index in [1.54, 1.807) is 24.4 Å². The Labute approximate surface area is 131 Å². The summed E-state index contributed by atoms with van der Waals surface area (Å²) < 4.78 is 7.16. The van der Waals surface area contributed by atoms with Crippen molar-refractivity contribution in [2.75, 3.05) is 11.9 Å². The summed E-state index contributed by atoms with van der Waals surface area (Å²) in [5.74, 6) is 0.351.